The van der Waals surface area contributed by atoms with Crippen molar-refractivity contribution in [3.63, 3.8) is 0 Å². The highest BCUT2D eigenvalue weighted by Crippen LogP contribution is 2.48. The lowest BCUT2D eigenvalue weighted by molar-refractivity contribution is -0.159. The average molecular weight is 545 g/mol. The Morgan fingerprint density at radius 1 is 0.974 bits per heavy atom. The van der Waals surface area contributed by atoms with Gasteiger partial charge in [0.2, 0.25) is 5.91 Å². The van der Waals surface area contributed by atoms with Gasteiger partial charge in [-0.25, -0.2) is 4.79 Å². The number of halogens is 6. The molecule has 0 saturated heterocycles. The van der Waals surface area contributed by atoms with Crippen molar-refractivity contribution in [1.82, 2.24) is 9.99 Å². The number of ether oxygens (including phenoxy) is 1. The van der Waals surface area contributed by atoms with Crippen molar-refractivity contribution in [3.8, 4) is 11.5 Å². The third kappa shape index (κ3) is 5.53. The van der Waals surface area contributed by atoms with Gasteiger partial charge in [-0.05, 0) is 41.8 Å². The normalized spacial score (nSPS) is 12.1. The van der Waals surface area contributed by atoms with Crippen LogP contribution in [0.4, 0.5) is 32.0 Å². The number of imide groups is 1. The molecule has 3 rings (SSSR count). The number of hydrogen-bond donors (Lipinski definition) is 2. The SMILES string of the molecule is CC(=O)N(C(=O)C(=O)O)N(C)c1cc(C(F)(F)F)c(Oc2ccc3[nH]cc(C(C)C)c3c2)c(C(F)(F)F)c1. The number of nitrogens with one attached hydrogen (secondary N) is 1. The summed E-state index contributed by atoms with van der Waals surface area (Å²) in [5, 5.41) is 9.66. The summed E-state index contributed by atoms with van der Waals surface area (Å²) in [6.07, 6.45) is -9.10. The van der Waals surface area contributed by atoms with Crippen molar-refractivity contribution in [1.29, 1.82) is 0 Å². The van der Waals surface area contributed by atoms with Gasteiger partial charge in [0.1, 0.15) is 16.9 Å². The standard InChI is InChI=1S/C24H21F6N3O5/c1-11(2)16-10-31-19-6-5-14(9-15(16)19)38-20-17(23(25,26)27)7-13(8-18(20)24(28,29)30)32(4)33(12(3)34)21(35)22(36)37/h5-11,31H,1-4H3,(H,36,37). The van der Waals surface area contributed by atoms with Crippen molar-refractivity contribution < 1.29 is 50.6 Å². The molecular formula is C24H21F6N3O5. The van der Waals surface area contributed by atoms with Crippen LogP contribution in [0.1, 0.15) is 43.4 Å². The summed E-state index contributed by atoms with van der Waals surface area (Å²) in [4.78, 5) is 37.8. The maximum absolute atomic E-state index is 14.1. The zero-order valence-corrected chi connectivity index (χ0v) is 20.3. The number of hydrazine groups is 1. The third-order valence-electron chi connectivity index (χ3n) is 5.56. The summed E-state index contributed by atoms with van der Waals surface area (Å²) in [5.74, 6) is -7.17. The zero-order valence-electron chi connectivity index (χ0n) is 20.3. The number of aromatic amines is 1. The van der Waals surface area contributed by atoms with E-state index in [0.29, 0.717) is 17.8 Å². The molecule has 38 heavy (non-hydrogen) atoms. The molecule has 0 spiro atoms. The van der Waals surface area contributed by atoms with Gasteiger partial charge in [-0.3, -0.25) is 14.6 Å². The molecule has 0 radical (unpaired) electrons. The smallest absolute Gasteiger partial charge is 0.420 e. The first-order valence-electron chi connectivity index (χ1n) is 10.9. The van der Waals surface area contributed by atoms with Gasteiger partial charge in [0.05, 0.1) is 5.69 Å². The van der Waals surface area contributed by atoms with E-state index in [4.69, 9.17) is 9.84 Å². The Bertz CT molecular complexity index is 1380. The molecular weight excluding hydrogens is 524 g/mol. The van der Waals surface area contributed by atoms with Crippen molar-refractivity contribution in [3.05, 3.63) is 53.2 Å². The number of nitrogens with zero attached hydrogens (tertiary/aromatic N) is 2. The number of anilines is 1. The molecule has 204 valence electrons. The van der Waals surface area contributed by atoms with Gasteiger partial charge >= 0.3 is 24.2 Å². The second-order valence-electron chi connectivity index (χ2n) is 8.54. The number of hydrogen-bond acceptors (Lipinski definition) is 5. The first-order chi connectivity index (χ1) is 17.4. The van der Waals surface area contributed by atoms with Crippen molar-refractivity contribution in [2.24, 2.45) is 0 Å². The van der Waals surface area contributed by atoms with Gasteiger partial charge in [0.15, 0.2) is 5.75 Å². The highest BCUT2D eigenvalue weighted by Gasteiger charge is 2.44. The summed E-state index contributed by atoms with van der Waals surface area (Å²) in [5.41, 5.74) is -3.30. The fourth-order valence-electron chi connectivity index (χ4n) is 3.81. The first kappa shape index (κ1) is 28.3. The van der Waals surface area contributed by atoms with Gasteiger partial charge in [-0.1, -0.05) is 13.8 Å². The highest BCUT2D eigenvalue weighted by atomic mass is 19.4. The Labute approximate surface area is 211 Å². The number of carbonyl (C=O) groups excluding carboxylic acids is 2. The predicted octanol–water partition coefficient (Wildman–Crippen LogP) is 5.93. The van der Waals surface area contributed by atoms with Crippen LogP contribution in [0.5, 0.6) is 11.5 Å². The summed E-state index contributed by atoms with van der Waals surface area (Å²) in [7, 11) is 0.770. The molecule has 2 aromatic carbocycles. The van der Waals surface area contributed by atoms with E-state index in [9.17, 15) is 40.7 Å². The monoisotopic (exact) mass is 545 g/mol. The topological polar surface area (TPSA) is 103 Å². The lowest BCUT2D eigenvalue weighted by Crippen LogP contribution is -2.50. The maximum Gasteiger partial charge on any atom is 0.420 e. The minimum Gasteiger partial charge on any atom is -0.474 e. The van der Waals surface area contributed by atoms with E-state index >= 15 is 0 Å². The minimum atomic E-state index is -5.38. The number of fused-ring (bicyclic) bond motifs is 1. The Balaban J connectivity index is 2.24. The molecule has 8 nitrogen and oxygen atoms in total. The summed E-state index contributed by atoms with van der Waals surface area (Å²) >= 11 is 0. The van der Waals surface area contributed by atoms with E-state index in [1.54, 1.807) is 6.20 Å². The molecule has 0 unspecified atom stereocenters. The van der Waals surface area contributed by atoms with Crippen molar-refractivity contribution in [2.45, 2.75) is 39.0 Å². The molecule has 0 fully saturated rings. The fraction of sp³-hybridized carbons (Fsp3) is 0.292. The van der Waals surface area contributed by atoms with Gasteiger partial charge < -0.3 is 14.8 Å². The quantitative estimate of drug-likeness (QED) is 0.234. The number of amides is 2. The highest BCUT2D eigenvalue weighted by molar-refractivity contribution is 6.34. The van der Waals surface area contributed by atoms with Crippen LogP contribution in [0.3, 0.4) is 0 Å². The van der Waals surface area contributed by atoms with Gasteiger partial charge in [-0.2, -0.15) is 31.4 Å². The van der Waals surface area contributed by atoms with Crippen LogP contribution in [-0.4, -0.2) is 39.9 Å². The van der Waals surface area contributed by atoms with E-state index in [2.05, 4.69) is 4.98 Å². The first-order valence-corrected chi connectivity index (χ1v) is 10.9. The minimum absolute atomic E-state index is 0.0111. The molecule has 0 aliphatic heterocycles. The molecule has 2 N–H and O–H groups in total. The lowest BCUT2D eigenvalue weighted by Gasteiger charge is -2.31. The van der Waals surface area contributed by atoms with Crippen LogP contribution >= 0.6 is 0 Å². The molecule has 2 amide bonds. The number of aliphatic carboxylic acids is 1. The third-order valence-corrected chi connectivity index (χ3v) is 5.56. The number of benzene rings is 2. The maximum atomic E-state index is 14.1. The number of carbonyl (C=O) groups is 3. The number of rotatable bonds is 5. The van der Waals surface area contributed by atoms with Gasteiger partial charge in [0.25, 0.3) is 0 Å². The van der Waals surface area contributed by atoms with Gasteiger partial charge in [0, 0.05) is 31.1 Å². The summed E-state index contributed by atoms with van der Waals surface area (Å²) in [6.45, 7) is 4.43. The molecule has 0 aliphatic rings. The molecule has 0 aliphatic carbocycles. The Morgan fingerprint density at radius 3 is 1.97 bits per heavy atom. The number of aromatic nitrogens is 1. The van der Waals surface area contributed by atoms with E-state index in [-0.39, 0.29) is 33.8 Å². The molecule has 14 heteroatoms. The summed E-state index contributed by atoms with van der Waals surface area (Å²) < 4.78 is 89.6. The number of alkyl halides is 6. The Morgan fingerprint density at radius 2 is 1.53 bits per heavy atom. The second-order valence-corrected chi connectivity index (χ2v) is 8.54. The molecule has 0 bridgehead atoms. The molecule has 1 aromatic heterocycles. The van der Waals surface area contributed by atoms with Crippen LogP contribution in [0.25, 0.3) is 10.9 Å². The van der Waals surface area contributed by atoms with Crippen molar-refractivity contribution >= 4 is 34.4 Å². The van der Waals surface area contributed by atoms with Crippen LogP contribution in [-0.2, 0) is 26.7 Å². The van der Waals surface area contributed by atoms with E-state index < -0.39 is 52.7 Å². The average Bonchev–Trinajstić information content (AvgIpc) is 3.20. The largest absolute Gasteiger partial charge is 0.474 e. The van der Waals surface area contributed by atoms with Crippen LogP contribution < -0.4 is 9.75 Å². The van der Waals surface area contributed by atoms with E-state index in [0.717, 1.165) is 12.6 Å². The number of carboxylic acid groups (broad SMARTS) is 1. The fourth-order valence-corrected chi connectivity index (χ4v) is 3.81. The Kier molecular flexibility index (Phi) is 7.39. The number of carboxylic acids is 1. The predicted molar refractivity (Wildman–Crippen MR) is 122 cm³/mol. The van der Waals surface area contributed by atoms with E-state index in [1.165, 1.54) is 18.2 Å². The Hall–Kier alpha value is -4.23. The van der Waals surface area contributed by atoms with Crippen LogP contribution in [0, 0.1) is 0 Å². The van der Waals surface area contributed by atoms with Crippen molar-refractivity contribution in [2.75, 3.05) is 12.1 Å². The van der Waals surface area contributed by atoms with E-state index in [1.807, 2.05) is 13.8 Å². The zero-order chi connectivity index (χ0) is 28.7. The number of H-pyrrole nitrogens is 1. The lowest BCUT2D eigenvalue weighted by atomic mass is 10.0. The van der Waals surface area contributed by atoms with Crippen LogP contribution in [0.15, 0.2) is 36.5 Å². The molecule has 3 aromatic rings. The molecule has 0 atom stereocenters. The molecule has 0 saturated carbocycles. The van der Waals surface area contributed by atoms with Crippen LogP contribution in [0.2, 0.25) is 0 Å². The molecule has 1 heterocycles. The van der Waals surface area contributed by atoms with Gasteiger partial charge in [-0.15, -0.1) is 0 Å². The second kappa shape index (κ2) is 9.91. The summed E-state index contributed by atoms with van der Waals surface area (Å²) in [6, 6.07) is 4.41.